The summed E-state index contributed by atoms with van der Waals surface area (Å²) >= 11 is 6.09. The molecule has 2 aromatic carbocycles. The van der Waals surface area contributed by atoms with Crippen molar-refractivity contribution in [2.45, 2.75) is 0 Å². The SMILES string of the molecule is COc1ccc(-c2cnc3cnc(-c4cccc(Cl)c4)cn23)cc1. The molecule has 0 spiro atoms. The Labute approximate surface area is 144 Å². The number of imidazole rings is 1. The number of hydrogen-bond acceptors (Lipinski definition) is 3. The van der Waals surface area contributed by atoms with Crippen LogP contribution in [-0.4, -0.2) is 21.5 Å². The van der Waals surface area contributed by atoms with E-state index < -0.39 is 0 Å². The molecule has 0 aliphatic rings. The summed E-state index contributed by atoms with van der Waals surface area (Å²) in [5.74, 6) is 0.828. The Balaban J connectivity index is 1.83. The molecule has 24 heavy (non-hydrogen) atoms. The highest BCUT2D eigenvalue weighted by Crippen LogP contribution is 2.26. The first-order valence-corrected chi connectivity index (χ1v) is 7.86. The molecule has 0 aliphatic carbocycles. The van der Waals surface area contributed by atoms with Crippen molar-refractivity contribution in [3.63, 3.8) is 0 Å². The average molecular weight is 336 g/mol. The van der Waals surface area contributed by atoms with E-state index in [1.807, 2.05) is 65.3 Å². The number of benzene rings is 2. The lowest BCUT2D eigenvalue weighted by atomic mass is 10.1. The van der Waals surface area contributed by atoms with Crippen LogP contribution in [0.3, 0.4) is 0 Å². The molecule has 2 heterocycles. The second-order valence-electron chi connectivity index (χ2n) is 5.38. The van der Waals surface area contributed by atoms with Gasteiger partial charge in [-0.2, -0.15) is 0 Å². The molecule has 4 rings (SSSR count). The number of nitrogens with zero attached hydrogens (tertiary/aromatic N) is 3. The van der Waals surface area contributed by atoms with Crippen LogP contribution in [0.1, 0.15) is 0 Å². The second kappa shape index (κ2) is 5.98. The molecule has 0 bridgehead atoms. The fourth-order valence-corrected chi connectivity index (χ4v) is 2.85. The molecule has 2 aromatic heterocycles. The van der Waals surface area contributed by atoms with Crippen LogP contribution in [0.25, 0.3) is 28.2 Å². The van der Waals surface area contributed by atoms with Crippen molar-refractivity contribution < 1.29 is 4.74 Å². The fraction of sp³-hybridized carbons (Fsp3) is 0.0526. The largest absolute Gasteiger partial charge is 0.497 e. The lowest BCUT2D eigenvalue weighted by molar-refractivity contribution is 0.415. The van der Waals surface area contributed by atoms with Gasteiger partial charge in [0.2, 0.25) is 0 Å². The predicted octanol–water partition coefficient (Wildman–Crippen LogP) is 4.73. The molecule has 0 amide bonds. The highest BCUT2D eigenvalue weighted by molar-refractivity contribution is 6.30. The maximum atomic E-state index is 6.09. The van der Waals surface area contributed by atoms with Gasteiger partial charge in [-0.15, -0.1) is 0 Å². The monoisotopic (exact) mass is 335 g/mol. The molecule has 0 aliphatic heterocycles. The van der Waals surface area contributed by atoms with Crippen molar-refractivity contribution in [2.75, 3.05) is 7.11 Å². The molecule has 4 nitrogen and oxygen atoms in total. The van der Waals surface area contributed by atoms with Crippen LogP contribution in [0.15, 0.2) is 67.1 Å². The van der Waals surface area contributed by atoms with E-state index in [1.165, 1.54) is 0 Å². The number of fused-ring (bicyclic) bond motifs is 1. The number of aromatic nitrogens is 3. The van der Waals surface area contributed by atoms with E-state index in [0.29, 0.717) is 5.02 Å². The maximum absolute atomic E-state index is 6.09. The predicted molar refractivity (Wildman–Crippen MR) is 95.4 cm³/mol. The van der Waals surface area contributed by atoms with E-state index in [-0.39, 0.29) is 0 Å². The fourth-order valence-electron chi connectivity index (χ4n) is 2.66. The van der Waals surface area contributed by atoms with Gasteiger partial charge in [0, 0.05) is 22.3 Å². The van der Waals surface area contributed by atoms with Crippen LogP contribution < -0.4 is 4.74 Å². The summed E-state index contributed by atoms with van der Waals surface area (Å²) < 4.78 is 7.25. The number of methoxy groups -OCH3 is 1. The van der Waals surface area contributed by atoms with Crippen LogP contribution in [0, 0.1) is 0 Å². The van der Waals surface area contributed by atoms with E-state index in [1.54, 1.807) is 13.3 Å². The standard InChI is InChI=1S/C19H14ClN3O/c1-24-16-7-5-13(6-8-16)18-10-22-19-11-21-17(12-23(18)19)14-3-2-4-15(20)9-14/h2-12H,1H3. The van der Waals surface area contributed by atoms with Gasteiger partial charge >= 0.3 is 0 Å². The van der Waals surface area contributed by atoms with Crippen LogP contribution in [-0.2, 0) is 0 Å². The van der Waals surface area contributed by atoms with Gasteiger partial charge < -0.3 is 4.74 Å². The van der Waals surface area contributed by atoms with E-state index in [0.717, 1.165) is 33.9 Å². The van der Waals surface area contributed by atoms with Crippen molar-refractivity contribution in [1.29, 1.82) is 0 Å². The molecule has 4 aromatic rings. The summed E-state index contributed by atoms with van der Waals surface area (Å²) in [4.78, 5) is 8.92. The number of rotatable bonds is 3. The number of ether oxygens (including phenoxy) is 1. The molecule has 0 saturated carbocycles. The molecule has 0 atom stereocenters. The van der Waals surface area contributed by atoms with Crippen molar-refractivity contribution in [2.24, 2.45) is 0 Å². The average Bonchev–Trinajstić information content (AvgIpc) is 3.05. The van der Waals surface area contributed by atoms with Gasteiger partial charge in [-0.3, -0.25) is 9.38 Å². The Kier molecular flexibility index (Phi) is 3.67. The molecular formula is C19H14ClN3O. The summed E-state index contributed by atoms with van der Waals surface area (Å²) in [6.07, 6.45) is 5.59. The molecule has 0 N–H and O–H groups in total. The molecule has 118 valence electrons. The summed E-state index contributed by atoms with van der Waals surface area (Å²) in [6.45, 7) is 0. The maximum Gasteiger partial charge on any atom is 0.155 e. The van der Waals surface area contributed by atoms with Gasteiger partial charge in [0.15, 0.2) is 5.65 Å². The van der Waals surface area contributed by atoms with Crippen LogP contribution in [0.2, 0.25) is 5.02 Å². The van der Waals surface area contributed by atoms with Gasteiger partial charge in [-0.1, -0.05) is 23.7 Å². The van der Waals surface area contributed by atoms with E-state index in [4.69, 9.17) is 16.3 Å². The van der Waals surface area contributed by atoms with Crippen molar-refractivity contribution in [3.05, 3.63) is 72.1 Å². The quantitative estimate of drug-likeness (QED) is 0.543. The van der Waals surface area contributed by atoms with Crippen molar-refractivity contribution in [3.8, 4) is 28.3 Å². The van der Waals surface area contributed by atoms with E-state index in [9.17, 15) is 0 Å². The smallest absolute Gasteiger partial charge is 0.155 e. The van der Waals surface area contributed by atoms with E-state index in [2.05, 4.69) is 9.97 Å². The first-order chi connectivity index (χ1) is 11.7. The molecule has 0 fully saturated rings. The molecular weight excluding hydrogens is 322 g/mol. The van der Waals surface area contributed by atoms with Gasteiger partial charge in [0.05, 0.1) is 30.9 Å². The normalized spacial score (nSPS) is 10.9. The lowest BCUT2D eigenvalue weighted by Gasteiger charge is -2.06. The molecule has 0 unspecified atom stereocenters. The van der Waals surface area contributed by atoms with Crippen molar-refractivity contribution >= 4 is 17.2 Å². The Morgan fingerprint density at radius 2 is 1.79 bits per heavy atom. The van der Waals surface area contributed by atoms with Crippen LogP contribution in [0.4, 0.5) is 0 Å². The van der Waals surface area contributed by atoms with Gasteiger partial charge in [-0.25, -0.2) is 4.98 Å². The molecule has 0 saturated heterocycles. The number of halogens is 1. The Morgan fingerprint density at radius 3 is 2.54 bits per heavy atom. The summed E-state index contributed by atoms with van der Waals surface area (Å²) in [5.41, 5.74) is 4.67. The van der Waals surface area contributed by atoms with Gasteiger partial charge in [-0.05, 0) is 36.4 Å². The highest BCUT2D eigenvalue weighted by Gasteiger charge is 2.09. The van der Waals surface area contributed by atoms with E-state index >= 15 is 0 Å². The second-order valence-corrected chi connectivity index (χ2v) is 5.82. The zero-order valence-corrected chi connectivity index (χ0v) is 13.7. The number of hydrogen-bond donors (Lipinski definition) is 0. The zero-order valence-electron chi connectivity index (χ0n) is 13.0. The first kappa shape index (κ1) is 14.7. The third kappa shape index (κ3) is 2.61. The van der Waals surface area contributed by atoms with Gasteiger partial charge in [0.25, 0.3) is 0 Å². The van der Waals surface area contributed by atoms with Crippen LogP contribution >= 0.6 is 11.6 Å². The molecule has 0 radical (unpaired) electrons. The minimum Gasteiger partial charge on any atom is -0.497 e. The lowest BCUT2D eigenvalue weighted by Crippen LogP contribution is -1.93. The zero-order chi connectivity index (χ0) is 16.5. The minimum atomic E-state index is 0.690. The summed E-state index contributed by atoms with van der Waals surface area (Å²) in [7, 11) is 1.66. The summed E-state index contributed by atoms with van der Waals surface area (Å²) in [5, 5.41) is 0.690. The Bertz CT molecular complexity index is 1010. The topological polar surface area (TPSA) is 39.4 Å². The highest BCUT2D eigenvalue weighted by atomic mass is 35.5. The Hall–Kier alpha value is -2.85. The third-order valence-corrected chi connectivity index (χ3v) is 4.14. The van der Waals surface area contributed by atoms with Crippen molar-refractivity contribution in [1.82, 2.24) is 14.4 Å². The van der Waals surface area contributed by atoms with Crippen LogP contribution in [0.5, 0.6) is 5.75 Å². The Morgan fingerprint density at radius 1 is 0.958 bits per heavy atom. The van der Waals surface area contributed by atoms with Gasteiger partial charge in [0.1, 0.15) is 5.75 Å². The third-order valence-electron chi connectivity index (χ3n) is 3.90. The summed E-state index contributed by atoms with van der Waals surface area (Å²) in [6, 6.07) is 15.6. The minimum absolute atomic E-state index is 0.690. The first-order valence-electron chi connectivity index (χ1n) is 7.48. The molecule has 5 heteroatoms.